The number of hydrogen-bond acceptors (Lipinski definition) is 8. The van der Waals surface area contributed by atoms with E-state index in [4.69, 9.17) is 19.0 Å². The number of aryl methyl sites for hydroxylation is 1. The van der Waals surface area contributed by atoms with E-state index >= 15 is 0 Å². The van der Waals surface area contributed by atoms with E-state index in [0.717, 1.165) is 10.3 Å². The Hall–Kier alpha value is -3.13. The van der Waals surface area contributed by atoms with E-state index < -0.39 is 5.97 Å². The first-order chi connectivity index (χ1) is 13.0. The lowest BCUT2D eigenvalue weighted by Gasteiger charge is -2.06. The molecule has 0 saturated carbocycles. The van der Waals surface area contributed by atoms with E-state index in [2.05, 4.69) is 10.1 Å². The van der Waals surface area contributed by atoms with Gasteiger partial charge in [-0.1, -0.05) is 22.6 Å². The maximum absolute atomic E-state index is 12.1. The first-order valence-electron chi connectivity index (χ1n) is 7.98. The second-order valence-corrected chi connectivity index (χ2v) is 6.53. The van der Waals surface area contributed by atoms with Crippen molar-refractivity contribution in [2.24, 2.45) is 5.16 Å². The molecule has 2 aromatic carbocycles. The molecule has 0 atom stereocenters. The lowest BCUT2D eigenvalue weighted by molar-refractivity contribution is -0.132. The number of methoxy groups -OCH3 is 2. The Kier molecular flexibility index (Phi) is 5.56. The third-order valence-corrected chi connectivity index (χ3v) is 4.56. The Balaban J connectivity index is 2.06. The second kappa shape index (κ2) is 8.05. The summed E-state index contributed by atoms with van der Waals surface area (Å²) in [6, 6.07) is 11.0. The third-order valence-electron chi connectivity index (χ3n) is 3.68. The monoisotopic (exact) mass is 386 g/mol. The minimum atomic E-state index is -0.605. The second-order valence-electron chi connectivity index (χ2n) is 5.53. The van der Waals surface area contributed by atoms with Crippen LogP contribution in [0.15, 0.2) is 41.6 Å². The fourth-order valence-corrected chi connectivity index (χ4v) is 3.48. The number of oxime groups is 1. The van der Waals surface area contributed by atoms with Gasteiger partial charge in [-0.15, -0.1) is 0 Å². The normalized spacial score (nSPS) is 11.3. The molecule has 1 heterocycles. The Bertz CT molecular complexity index is 1010. The van der Waals surface area contributed by atoms with E-state index in [0.29, 0.717) is 27.8 Å². The molecular formula is C19H18N2O5S. The standard InChI is InChI=1S/C19H18N2O5S/c1-11-8-14(17(21-25-4)18(22)24-3)16-15(9-11)27-19(20-16)26-13-7-5-6-12(10-13)23-2/h5-10H,1-4H3/b21-17+. The largest absolute Gasteiger partial charge is 0.497 e. The number of ether oxygens (including phenoxy) is 3. The lowest BCUT2D eigenvalue weighted by atomic mass is 10.1. The van der Waals surface area contributed by atoms with Crippen LogP contribution < -0.4 is 9.47 Å². The van der Waals surface area contributed by atoms with Gasteiger partial charge < -0.3 is 19.0 Å². The van der Waals surface area contributed by atoms with Crippen LogP contribution in [0.25, 0.3) is 10.2 Å². The van der Waals surface area contributed by atoms with Crippen LogP contribution in [-0.4, -0.2) is 38.0 Å². The zero-order valence-electron chi connectivity index (χ0n) is 15.3. The van der Waals surface area contributed by atoms with Gasteiger partial charge in [0.1, 0.15) is 18.6 Å². The van der Waals surface area contributed by atoms with Gasteiger partial charge in [0.25, 0.3) is 5.19 Å². The van der Waals surface area contributed by atoms with Crippen molar-refractivity contribution in [1.82, 2.24) is 4.98 Å². The number of fused-ring (bicyclic) bond motifs is 1. The molecule has 0 unspecified atom stereocenters. The molecule has 0 fully saturated rings. The van der Waals surface area contributed by atoms with Crippen LogP contribution in [0.5, 0.6) is 16.7 Å². The molecule has 0 saturated heterocycles. The summed E-state index contributed by atoms with van der Waals surface area (Å²) in [6.07, 6.45) is 0. The molecular weight excluding hydrogens is 368 g/mol. The molecule has 140 valence electrons. The molecule has 0 spiro atoms. The predicted molar refractivity (Wildman–Crippen MR) is 103 cm³/mol. The Morgan fingerprint density at radius 3 is 2.59 bits per heavy atom. The molecule has 0 amide bonds. The summed E-state index contributed by atoms with van der Waals surface area (Å²) in [7, 11) is 4.25. The van der Waals surface area contributed by atoms with Crippen LogP contribution in [0.3, 0.4) is 0 Å². The highest BCUT2D eigenvalue weighted by molar-refractivity contribution is 7.20. The average molecular weight is 386 g/mol. The van der Waals surface area contributed by atoms with E-state index in [9.17, 15) is 4.79 Å². The van der Waals surface area contributed by atoms with Gasteiger partial charge in [-0.2, -0.15) is 0 Å². The lowest BCUT2D eigenvalue weighted by Crippen LogP contribution is -2.18. The summed E-state index contributed by atoms with van der Waals surface area (Å²) in [6.45, 7) is 1.92. The first-order valence-corrected chi connectivity index (χ1v) is 8.80. The minimum Gasteiger partial charge on any atom is -0.497 e. The van der Waals surface area contributed by atoms with Crippen molar-refractivity contribution in [3.63, 3.8) is 0 Å². The molecule has 0 N–H and O–H groups in total. The summed E-state index contributed by atoms with van der Waals surface area (Å²) in [5.41, 5.74) is 2.11. The summed E-state index contributed by atoms with van der Waals surface area (Å²) in [5.74, 6) is 0.683. The molecule has 8 heteroatoms. The van der Waals surface area contributed by atoms with E-state index in [-0.39, 0.29) is 5.71 Å². The van der Waals surface area contributed by atoms with Gasteiger partial charge in [0.15, 0.2) is 5.71 Å². The van der Waals surface area contributed by atoms with E-state index in [1.165, 1.54) is 25.6 Å². The summed E-state index contributed by atoms with van der Waals surface area (Å²) in [4.78, 5) is 21.5. The summed E-state index contributed by atoms with van der Waals surface area (Å²) >= 11 is 1.37. The van der Waals surface area contributed by atoms with E-state index in [1.54, 1.807) is 13.2 Å². The maximum Gasteiger partial charge on any atom is 0.360 e. The van der Waals surface area contributed by atoms with Crippen molar-refractivity contribution in [3.05, 3.63) is 47.5 Å². The minimum absolute atomic E-state index is 0.0481. The number of nitrogens with zero attached hydrogens (tertiary/aromatic N) is 2. The zero-order chi connectivity index (χ0) is 19.4. The van der Waals surface area contributed by atoms with Crippen molar-refractivity contribution < 1.29 is 23.8 Å². The Labute approximate surface area is 160 Å². The van der Waals surface area contributed by atoms with Crippen molar-refractivity contribution in [1.29, 1.82) is 0 Å². The number of hydrogen-bond donors (Lipinski definition) is 0. The van der Waals surface area contributed by atoms with Crippen molar-refractivity contribution in [2.45, 2.75) is 6.92 Å². The highest BCUT2D eigenvalue weighted by Gasteiger charge is 2.22. The number of carbonyl (C=O) groups excluding carboxylic acids is 1. The fraction of sp³-hybridized carbons (Fsp3) is 0.211. The molecule has 0 aliphatic carbocycles. The number of rotatable bonds is 6. The van der Waals surface area contributed by atoms with Crippen LogP contribution in [0, 0.1) is 6.92 Å². The number of thiazole rings is 1. The van der Waals surface area contributed by atoms with Gasteiger partial charge >= 0.3 is 5.97 Å². The van der Waals surface area contributed by atoms with Crippen LogP contribution in [0.1, 0.15) is 11.1 Å². The number of carbonyl (C=O) groups is 1. The topological polar surface area (TPSA) is 79.2 Å². The molecule has 0 aliphatic heterocycles. The van der Waals surface area contributed by atoms with Gasteiger partial charge in [0, 0.05) is 11.6 Å². The molecule has 27 heavy (non-hydrogen) atoms. The molecule has 0 radical (unpaired) electrons. The molecule has 3 rings (SSSR count). The van der Waals surface area contributed by atoms with Crippen molar-refractivity contribution in [2.75, 3.05) is 21.3 Å². The maximum atomic E-state index is 12.1. The molecule has 7 nitrogen and oxygen atoms in total. The number of esters is 1. The fourth-order valence-electron chi connectivity index (χ4n) is 2.52. The quantitative estimate of drug-likeness (QED) is 0.363. The third kappa shape index (κ3) is 4.01. The van der Waals surface area contributed by atoms with Gasteiger partial charge in [0.2, 0.25) is 0 Å². The van der Waals surface area contributed by atoms with E-state index in [1.807, 2.05) is 37.3 Å². The summed E-state index contributed by atoms with van der Waals surface area (Å²) in [5, 5.41) is 4.26. The molecule has 1 aromatic heterocycles. The number of benzene rings is 2. The Morgan fingerprint density at radius 2 is 1.89 bits per heavy atom. The summed E-state index contributed by atoms with van der Waals surface area (Å²) < 4.78 is 16.7. The molecule has 3 aromatic rings. The van der Waals surface area contributed by atoms with Crippen molar-refractivity contribution >= 4 is 33.2 Å². The predicted octanol–water partition coefficient (Wildman–Crippen LogP) is 3.93. The highest BCUT2D eigenvalue weighted by Crippen LogP contribution is 2.35. The van der Waals surface area contributed by atoms with Crippen LogP contribution in [0.2, 0.25) is 0 Å². The smallest absolute Gasteiger partial charge is 0.360 e. The van der Waals surface area contributed by atoms with Gasteiger partial charge in [-0.05, 0) is 36.8 Å². The zero-order valence-corrected chi connectivity index (χ0v) is 16.1. The van der Waals surface area contributed by atoms with Crippen LogP contribution in [0.4, 0.5) is 0 Å². The Morgan fingerprint density at radius 1 is 1.11 bits per heavy atom. The SMILES string of the molecule is CO/N=C(/C(=O)OC)c1cc(C)cc2sc(Oc3cccc(OC)c3)nc12. The van der Waals surface area contributed by atoms with Gasteiger partial charge in [-0.25, -0.2) is 9.78 Å². The average Bonchev–Trinajstić information content (AvgIpc) is 3.07. The van der Waals surface area contributed by atoms with Gasteiger partial charge in [-0.3, -0.25) is 0 Å². The van der Waals surface area contributed by atoms with Crippen LogP contribution >= 0.6 is 11.3 Å². The van der Waals surface area contributed by atoms with Crippen LogP contribution in [-0.2, 0) is 14.4 Å². The molecule has 0 aliphatic rings. The number of aromatic nitrogens is 1. The highest BCUT2D eigenvalue weighted by atomic mass is 32.1. The first kappa shape index (κ1) is 18.7. The van der Waals surface area contributed by atoms with Gasteiger partial charge in [0.05, 0.1) is 24.4 Å². The van der Waals surface area contributed by atoms with Crippen molar-refractivity contribution in [3.8, 4) is 16.7 Å². The molecule has 0 bridgehead atoms.